The lowest BCUT2D eigenvalue weighted by Gasteiger charge is -2.15. The molecule has 0 bridgehead atoms. The Bertz CT molecular complexity index is 833. The molecule has 0 spiro atoms. The maximum atomic E-state index is 12.2. The number of carbonyl (C=O) groups is 2. The van der Waals surface area contributed by atoms with Crippen LogP contribution >= 0.6 is 0 Å². The fourth-order valence-electron chi connectivity index (χ4n) is 2.38. The number of rotatable bonds is 10. The second-order valence-electron chi connectivity index (χ2n) is 6.04. The van der Waals surface area contributed by atoms with E-state index in [2.05, 4.69) is 4.74 Å². The predicted molar refractivity (Wildman–Crippen MR) is 96.4 cm³/mol. The fourth-order valence-corrected chi connectivity index (χ4v) is 2.38. The molecule has 1 N–H and O–H groups in total. The summed E-state index contributed by atoms with van der Waals surface area (Å²) >= 11 is 0. The predicted octanol–water partition coefficient (Wildman–Crippen LogP) is 3.53. The van der Waals surface area contributed by atoms with Gasteiger partial charge in [0, 0.05) is 12.0 Å². The molecule has 0 saturated carbocycles. The number of benzene rings is 2. The van der Waals surface area contributed by atoms with Crippen molar-refractivity contribution in [3.8, 4) is 11.5 Å². The third kappa shape index (κ3) is 7.46. The van der Waals surface area contributed by atoms with Gasteiger partial charge < -0.3 is 19.3 Å². The van der Waals surface area contributed by atoms with Crippen molar-refractivity contribution in [2.75, 3.05) is 20.3 Å². The Morgan fingerprint density at radius 3 is 2.34 bits per heavy atom. The van der Waals surface area contributed by atoms with Gasteiger partial charge in [-0.25, -0.2) is 4.79 Å². The van der Waals surface area contributed by atoms with Crippen LogP contribution in [0.25, 0.3) is 0 Å². The van der Waals surface area contributed by atoms with Crippen molar-refractivity contribution in [1.82, 2.24) is 0 Å². The Hall–Kier alpha value is -3.07. The van der Waals surface area contributed by atoms with E-state index in [1.807, 2.05) is 0 Å². The topological polar surface area (TPSA) is 82.1 Å². The van der Waals surface area contributed by atoms with E-state index >= 15 is 0 Å². The monoisotopic (exact) mass is 412 g/mol. The lowest BCUT2D eigenvalue weighted by molar-refractivity contribution is -0.192. The van der Waals surface area contributed by atoms with E-state index in [4.69, 9.17) is 14.6 Å². The summed E-state index contributed by atoms with van der Waals surface area (Å²) < 4.78 is 51.6. The number of aliphatic carboxylic acids is 1. The van der Waals surface area contributed by atoms with Gasteiger partial charge in [-0.3, -0.25) is 4.79 Å². The van der Waals surface area contributed by atoms with E-state index in [9.17, 15) is 22.8 Å². The zero-order valence-corrected chi connectivity index (χ0v) is 15.4. The van der Waals surface area contributed by atoms with Crippen LogP contribution in [0.3, 0.4) is 0 Å². The summed E-state index contributed by atoms with van der Waals surface area (Å²) in [5.41, 5.74) is 0.873. The van der Waals surface area contributed by atoms with Crippen molar-refractivity contribution < 1.29 is 42.1 Å². The molecule has 0 amide bonds. The van der Waals surface area contributed by atoms with E-state index in [1.165, 1.54) is 31.4 Å². The molecule has 2 aromatic rings. The molecule has 156 valence electrons. The number of carboxylic acid groups (broad SMARTS) is 1. The summed E-state index contributed by atoms with van der Waals surface area (Å²) in [7, 11) is 1.49. The molecule has 0 saturated heterocycles. The zero-order chi connectivity index (χ0) is 21.4. The highest BCUT2D eigenvalue weighted by Gasteiger charge is 2.31. The maximum absolute atomic E-state index is 12.2. The molecule has 0 aliphatic carbocycles. The van der Waals surface area contributed by atoms with Crippen LogP contribution in [0.5, 0.6) is 11.5 Å². The molecule has 2 aromatic carbocycles. The van der Waals surface area contributed by atoms with Crippen molar-refractivity contribution in [1.29, 1.82) is 0 Å². The number of Topliss-reactive ketones (excluding diaryl/α,β-unsaturated/α-hetero) is 1. The Kier molecular flexibility index (Phi) is 7.60. The Morgan fingerprint density at radius 1 is 1.07 bits per heavy atom. The average molecular weight is 412 g/mol. The molecule has 0 aliphatic heterocycles. The molecule has 0 aromatic heterocycles. The molecule has 1 atom stereocenters. The molecule has 0 radical (unpaired) electrons. The summed E-state index contributed by atoms with van der Waals surface area (Å²) in [6, 6.07) is 12.6. The Balaban J connectivity index is 1.91. The molecule has 0 fully saturated rings. The van der Waals surface area contributed by atoms with Crippen LogP contribution in [0.15, 0.2) is 48.5 Å². The van der Waals surface area contributed by atoms with Crippen molar-refractivity contribution in [2.45, 2.75) is 18.7 Å². The highest BCUT2D eigenvalue weighted by molar-refractivity contribution is 5.97. The quantitative estimate of drug-likeness (QED) is 0.602. The van der Waals surface area contributed by atoms with Gasteiger partial charge in [-0.2, -0.15) is 13.2 Å². The third-order valence-corrected chi connectivity index (χ3v) is 3.83. The summed E-state index contributed by atoms with van der Waals surface area (Å²) in [4.78, 5) is 23.3. The number of hydrogen-bond acceptors (Lipinski definition) is 5. The van der Waals surface area contributed by atoms with Crippen LogP contribution in [-0.4, -0.2) is 49.5 Å². The van der Waals surface area contributed by atoms with E-state index in [0.717, 1.165) is 0 Å². The van der Waals surface area contributed by atoms with Crippen LogP contribution in [0, 0.1) is 0 Å². The van der Waals surface area contributed by atoms with Gasteiger partial charge in [0.2, 0.25) is 0 Å². The number of carboxylic acids is 1. The first-order valence-electron chi connectivity index (χ1n) is 8.48. The van der Waals surface area contributed by atoms with Crippen LogP contribution < -0.4 is 9.47 Å². The molecule has 6 nitrogen and oxygen atoms in total. The van der Waals surface area contributed by atoms with Crippen molar-refractivity contribution >= 4 is 11.8 Å². The first kappa shape index (κ1) is 22.2. The van der Waals surface area contributed by atoms with E-state index in [0.29, 0.717) is 22.6 Å². The van der Waals surface area contributed by atoms with E-state index in [1.54, 1.807) is 24.3 Å². The van der Waals surface area contributed by atoms with Gasteiger partial charge in [-0.15, -0.1) is 0 Å². The maximum Gasteiger partial charge on any atom is 0.411 e. The minimum Gasteiger partial charge on any atom is -0.497 e. The largest absolute Gasteiger partial charge is 0.497 e. The highest BCUT2D eigenvalue weighted by Crippen LogP contribution is 2.19. The molecular weight excluding hydrogens is 393 g/mol. The van der Waals surface area contributed by atoms with Crippen LogP contribution in [-0.2, 0) is 16.0 Å². The third-order valence-electron chi connectivity index (χ3n) is 3.83. The lowest BCUT2D eigenvalue weighted by atomic mass is 10.1. The number of ketones is 1. The first-order chi connectivity index (χ1) is 13.7. The van der Waals surface area contributed by atoms with Gasteiger partial charge >= 0.3 is 12.1 Å². The van der Waals surface area contributed by atoms with Crippen LogP contribution in [0.2, 0.25) is 0 Å². The fraction of sp³-hybridized carbons (Fsp3) is 0.300. The van der Waals surface area contributed by atoms with E-state index in [-0.39, 0.29) is 18.8 Å². The molecule has 2 rings (SSSR count). The number of alkyl halides is 3. The molecule has 0 aliphatic rings. The van der Waals surface area contributed by atoms with Gasteiger partial charge in [0.25, 0.3) is 0 Å². The highest BCUT2D eigenvalue weighted by atomic mass is 19.4. The molecular formula is C20H19F3O6. The molecule has 1 unspecified atom stereocenters. The zero-order valence-electron chi connectivity index (χ0n) is 15.4. The second kappa shape index (κ2) is 9.92. The summed E-state index contributed by atoms with van der Waals surface area (Å²) in [6.07, 6.45) is -6.48. The van der Waals surface area contributed by atoms with Crippen LogP contribution in [0.1, 0.15) is 15.9 Å². The SMILES string of the molecule is COc1cccc(C(=O)COc2ccc(CC(OCC(F)(F)F)C(=O)O)cc2)c1. The van der Waals surface area contributed by atoms with E-state index < -0.39 is 24.9 Å². The van der Waals surface area contributed by atoms with Gasteiger partial charge in [-0.05, 0) is 29.8 Å². The average Bonchev–Trinajstić information content (AvgIpc) is 2.69. The summed E-state index contributed by atoms with van der Waals surface area (Å²) in [5.74, 6) is -0.855. The Labute approximate surface area is 164 Å². The number of halogens is 3. The number of hydrogen-bond donors (Lipinski definition) is 1. The van der Waals surface area contributed by atoms with Crippen molar-refractivity contribution in [3.63, 3.8) is 0 Å². The van der Waals surface area contributed by atoms with Gasteiger partial charge in [0.1, 0.15) is 18.1 Å². The number of ether oxygens (including phenoxy) is 3. The van der Waals surface area contributed by atoms with Crippen molar-refractivity contribution in [3.05, 3.63) is 59.7 Å². The second-order valence-corrected chi connectivity index (χ2v) is 6.04. The Morgan fingerprint density at radius 2 is 1.76 bits per heavy atom. The molecule has 29 heavy (non-hydrogen) atoms. The number of carbonyl (C=O) groups excluding carboxylic acids is 1. The van der Waals surface area contributed by atoms with Crippen molar-refractivity contribution in [2.24, 2.45) is 0 Å². The normalized spacial score (nSPS) is 12.3. The lowest BCUT2D eigenvalue weighted by Crippen LogP contribution is -2.31. The summed E-state index contributed by atoms with van der Waals surface area (Å²) in [6.45, 7) is -1.86. The smallest absolute Gasteiger partial charge is 0.411 e. The van der Waals surface area contributed by atoms with Gasteiger partial charge in [0.05, 0.1) is 7.11 Å². The van der Waals surface area contributed by atoms with Gasteiger partial charge in [0.15, 0.2) is 18.5 Å². The van der Waals surface area contributed by atoms with Gasteiger partial charge in [-0.1, -0.05) is 24.3 Å². The molecule has 0 heterocycles. The molecule has 9 heteroatoms. The van der Waals surface area contributed by atoms with Crippen LogP contribution in [0.4, 0.5) is 13.2 Å². The minimum absolute atomic E-state index is 0.223. The first-order valence-corrected chi connectivity index (χ1v) is 8.48. The summed E-state index contributed by atoms with van der Waals surface area (Å²) in [5, 5.41) is 9.01. The number of methoxy groups -OCH3 is 1. The standard InChI is InChI=1S/C20H19F3O6/c1-27-16-4-2-3-14(10-16)17(24)11-28-15-7-5-13(6-8-15)9-18(19(25)26)29-12-20(21,22)23/h2-8,10,18H,9,11-12H2,1H3,(H,25,26). The minimum atomic E-state index is -4.61.